The second-order valence-electron chi connectivity index (χ2n) is 3.36. The summed E-state index contributed by atoms with van der Waals surface area (Å²) in [6, 6.07) is 2.30. The number of nitrogens with two attached hydrogens (primary N) is 1. The van der Waals surface area contributed by atoms with E-state index in [4.69, 9.17) is 11.3 Å². The maximum atomic E-state index is 12.9. The second-order valence-corrected chi connectivity index (χ2v) is 3.36. The second kappa shape index (κ2) is 6.00. The van der Waals surface area contributed by atoms with E-state index in [-0.39, 0.29) is 24.3 Å². The minimum atomic E-state index is -1.42. The SMILES string of the molecule is [N-]=[N+]=NCCC(O)C(O)c1nc(F)ccc1N. The van der Waals surface area contributed by atoms with Crippen LogP contribution in [0.2, 0.25) is 0 Å². The first-order chi connectivity index (χ1) is 8.06. The third-order valence-corrected chi connectivity index (χ3v) is 2.16. The fourth-order valence-electron chi connectivity index (χ4n) is 1.27. The molecule has 7 nitrogen and oxygen atoms in total. The number of hydrogen-bond donors (Lipinski definition) is 3. The molecular formula is C9H12FN5O2. The molecule has 0 fully saturated rings. The molecule has 1 rings (SSSR count). The van der Waals surface area contributed by atoms with Gasteiger partial charge in [0.05, 0.1) is 17.5 Å². The van der Waals surface area contributed by atoms with E-state index in [0.717, 1.165) is 6.07 Å². The van der Waals surface area contributed by atoms with E-state index in [1.165, 1.54) is 6.07 Å². The molecule has 92 valence electrons. The van der Waals surface area contributed by atoms with E-state index in [2.05, 4.69) is 15.0 Å². The standard InChI is InChI=1S/C9H12FN5O2/c10-7-2-1-5(11)8(14-7)9(17)6(16)3-4-13-15-12/h1-2,6,9,16-17H,3-4,11H2. The van der Waals surface area contributed by atoms with Crippen LogP contribution in [0.5, 0.6) is 0 Å². The molecule has 8 heteroatoms. The number of halogens is 1. The Kier molecular flexibility index (Phi) is 4.65. The van der Waals surface area contributed by atoms with Crippen LogP contribution in [-0.4, -0.2) is 27.8 Å². The van der Waals surface area contributed by atoms with Gasteiger partial charge in [0.1, 0.15) is 6.10 Å². The maximum absolute atomic E-state index is 12.9. The highest BCUT2D eigenvalue weighted by molar-refractivity contribution is 5.43. The number of aliphatic hydroxyl groups is 2. The number of anilines is 1. The molecule has 1 aromatic heterocycles. The lowest BCUT2D eigenvalue weighted by Crippen LogP contribution is -2.21. The number of azide groups is 1. The first-order valence-corrected chi connectivity index (χ1v) is 4.85. The van der Waals surface area contributed by atoms with Gasteiger partial charge in [0.15, 0.2) is 0 Å². The highest BCUT2D eigenvalue weighted by atomic mass is 19.1. The van der Waals surface area contributed by atoms with Crippen LogP contribution < -0.4 is 5.73 Å². The minimum Gasteiger partial charge on any atom is -0.397 e. The molecule has 0 aliphatic heterocycles. The molecule has 0 aliphatic rings. The molecule has 0 aromatic carbocycles. The Morgan fingerprint density at radius 1 is 1.53 bits per heavy atom. The zero-order valence-electron chi connectivity index (χ0n) is 8.86. The third-order valence-electron chi connectivity index (χ3n) is 2.16. The zero-order chi connectivity index (χ0) is 12.8. The van der Waals surface area contributed by atoms with E-state index >= 15 is 0 Å². The average molecular weight is 241 g/mol. The van der Waals surface area contributed by atoms with Crippen LogP contribution in [0.4, 0.5) is 10.1 Å². The maximum Gasteiger partial charge on any atom is 0.213 e. The largest absolute Gasteiger partial charge is 0.397 e. The van der Waals surface area contributed by atoms with Crippen molar-refractivity contribution in [2.45, 2.75) is 18.6 Å². The fraction of sp³-hybridized carbons (Fsp3) is 0.444. The first-order valence-electron chi connectivity index (χ1n) is 4.85. The van der Waals surface area contributed by atoms with Gasteiger partial charge in [-0.3, -0.25) is 0 Å². The molecule has 0 amide bonds. The lowest BCUT2D eigenvalue weighted by atomic mass is 10.1. The predicted octanol–water partition coefficient (Wildman–Crippen LogP) is 0.898. The summed E-state index contributed by atoms with van der Waals surface area (Å²) in [5.41, 5.74) is 13.5. The van der Waals surface area contributed by atoms with E-state index < -0.39 is 18.2 Å². The van der Waals surface area contributed by atoms with Gasteiger partial charge in [-0.25, -0.2) is 4.98 Å². The summed E-state index contributed by atoms with van der Waals surface area (Å²) in [7, 11) is 0. The van der Waals surface area contributed by atoms with E-state index in [1.54, 1.807) is 0 Å². The Hall–Kier alpha value is -1.89. The number of rotatable bonds is 5. The monoisotopic (exact) mass is 241 g/mol. The van der Waals surface area contributed by atoms with Gasteiger partial charge in [-0.2, -0.15) is 4.39 Å². The van der Waals surface area contributed by atoms with Crippen molar-refractivity contribution in [1.29, 1.82) is 0 Å². The molecule has 0 spiro atoms. The molecule has 0 radical (unpaired) electrons. The summed E-state index contributed by atoms with van der Waals surface area (Å²) in [5.74, 6) is -0.796. The van der Waals surface area contributed by atoms with Crippen LogP contribution in [0, 0.1) is 5.95 Å². The Morgan fingerprint density at radius 2 is 2.24 bits per heavy atom. The number of aromatic nitrogens is 1. The quantitative estimate of drug-likeness (QED) is 0.306. The molecule has 2 atom stereocenters. The van der Waals surface area contributed by atoms with Crippen LogP contribution in [-0.2, 0) is 0 Å². The molecule has 4 N–H and O–H groups in total. The molecule has 2 unspecified atom stereocenters. The molecule has 0 saturated carbocycles. The van der Waals surface area contributed by atoms with Gasteiger partial charge < -0.3 is 15.9 Å². The molecule has 0 bridgehead atoms. The Bertz CT molecular complexity index is 435. The van der Waals surface area contributed by atoms with E-state index in [1.807, 2.05) is 0 Å². The summed E-state index contributed by atoms with van der Waals surface area (Å²) < 4.78 is 12.9. The van der Waals surface area contributed by atoms with Crippen LogP contribution in [0.1, 0.15) is 18.2 Å². The van der Waals surface area contributed by atoms with Gasteiger partial charge in [0, 0.05) is 11.5 Å². The summed E-state index contributed by atoms with van der Waals surface area (Å²) in [6.07, 6.45) is -2.61. The molecule has 1 aromatic rings. The fourth-order valence-corrected chi connectivity index (χ4v) is 1.27. The zero-order valence-corrected chi connectivity index (χ0v) is 8.86. The molecular weight excluding hydrogens is 229 g/mol. The summed E-state index contributed by atoms with van der Waals surface area (Å²) in [5, 5.41) is 22.5. The number of aliphatic hydroxyl groups excluding tert-OH is 2. The average Bonchev–Trinajstić information content (AvgIpc) is 2.31. The lowest BCUT2D eigenvalue weighted by molar-refractivity contribution is 0.0126. The van der Waals surface area contributed by atoms with Crippen LogP contribution in [0.3, 0.4) is 0 Å². The molecule has 1 heterocycles. The summed E-state index contributed by atoms with van der Waals surface area (Å²) >= 11 is 0. The molecule has 0 saturated heterocycles. The van der Waals surface area contributed by atoms with Gasteiger partial charge in [-0.15, -0.1) is 0 Å². The molecule has 17 heavy (non-hydrogen) atoms. The predicted molar refractivity (Wildman–Crippen MR) is 58.2 cm³/mol. The van der Waals surface area contributed by atoms with Crippen molar-refractivity contribution in [1.82, 2.24) is 4.98 Å². The van der Waals surface area contributed by atoms with Gasteiger partial charge in [-0.05, 0) is 24.1 Å². The Morgan fingerprint density at radius 3 is 2.88 bits per heavy atom. The smallest absolute Gasteiger partial charge is 0.213 e. The normalized spacial score (nSPS) is 13.8. The Balaban J connectivity index is 2.76. The van der Waals surface area contributed by atoms with Crippen molar-refractivity contribution < 1.29 is 14.6 Å². The van der Waals surface area contributed by atoms with Gasteiger partial charge in [0.2, 0.25) is 5.95 Å². The topological polar surface area (TPSA) is 128 Å². The highest BCUT2D eigenvalue weighted by Crippen LogP contribution is 2.22. The summed E-state index contributed by atoms with van der Waals surface area (Å²) in [4.78, 5) is 5.92. The van der Waals surface area contributed by atoms with Crippen molar-refractivity contribution in [2.75, 3.05) is 12.3 Å². The van der Waals surface area contributed by atoms with E-state index in [9.17, 15) is 14.6 Å². The van der Waals surface area contributed by atoms with Gasteiger partial charge >= 0.3 is 0 Å². The van der Waals surface area contributed by atoms with Crippen molar-refractivity contribution in [3.8, 4) is 0 Å². The van der Waals surface area contributed by atoms with Crippen molar-refractivity contribution >= 4 is 5.69 Å². The Labute approximate surface area is 96.3 Å². The van der Waals surface area contributed by atoms with E-state index in [0.29, 0.717) is 0 Å². The van der Waals surface area contributed by atoms with Crippen molar-refractivity contribution in [3.63, 3.8) is 0 Å². The van der Waals surface area contributed by atoms with Crippen LogP contribution in [0.15, 0.2) is 17.2 Å². The number of nitrogens with zero attached hydrogens (tertiary/aromatic N) is 4. The first kappa shape index (κ1) is 13.2. The minimum absolute atomic E-state index is 0.0178. The number of pyridine rings is 1. The van der Waals surface area contributed by atoms with Crippen LogP contribution in [0.25, 0.3) is 10.4 Å². The van der Waals surface area contributed by atoms with Gasteiger partial charge in [-0.1, -0.05) is 5.11 Å². The number of hydrogen-bond acceptors (Lipinski definition) is 5. The van der Waals surface area contributed by atoms with Crippen molar-refractivity contribution in [3.05, 3.63) is 34.2 Å². The van der Waals surface area contributed by atoms with Crippen LogP contribution >= 0.6 is 0 Å². The van der Waals surface area contributed by atoms with Crippen molar-refractivity contribution in [2.24, 2.45) is 5.11 Å². The highest BCUT2D eigenvalue weighted by Gasteiger charge is 2.21. The molecule has 0 aliphatic carbocycles. The summed E-state index contributed by atoms with van der Waals surface area (Å²) in [6.45, 7) is 0.0178. The third kappa shape index (κ3) is 3.56. The lowest BCUT2D eigenvalue weighted by Gasteiger charge is -2.17. The number of nitrogen functional groups attached to an aromatic ring is 1. The van der Waals surface area contributed by atoms with Gasteiger partial charge in [0.25, 0.3) is 0 Å².